The third kappa shape index (κ3) is 3.37. The zero-order chi connectivity index (χ0) is 13.8. The number of carbonyl (C=O) groups is 1. The van der Waals surface area contributed by atoms with E-state index in [0.717, 1.165) is 12.8 Å². The van der Waals surface area contributed by atoms with Crippen LogP contribution in [-0.2, 0) is 11.2 Å². The molecule has 0 bridgehead atoms. The second kappa shape index (κ2) is 5.73. The number of aliphatic carboxylic acids is 1. The van der Waals surface area contributed by atoms with Gasteiger partial charge in [-0.25, -0.2) is 0 Å². The SMILES string of the molecule is CCCC[C@](N)(Cc1ccc(O)c(O)c1)C(=O)O. The maximum Gasteiger partial charge on any atom is 0.324 e. The summed E-state index contributed by atoms with van der Waals surface area (Å²) in [6.45, 7) is 1.97. The van der Waals surface area contributed by atoms with Gasteiger partial charge in [-0.1, -0.05) is 25.8 Å². The maximum absolute atomic E-state index is 11.2. The van der Waals surface area contributed by atoms with Crippen LogP contribution in [0.4, 0.5) is 0 Å². The molecule has 5 heteroatoms. The first kappa shape index (κ1) is 14.3. The number of hydrogen-bond donors (Lipinski definition) is 4. The fourth-order valence-corrected chi connectivity index (χ4v) is 1.81. The van der Waals surface area contributed by atoms with Crippen molar-refractivity contribution in [3.8, 4) is 11.5 Å². The molecule has 0 saturated heterocycles. The van der Waals surface area contributed by atoms with Gasteiger partial charge in [0.25, 0.3) is 0 Å². The first-order valence-corrected chi connectivity index (χ1v) is 5.92. The zero-order valence-corrected chi connectivity index (χ0v) is 10.4. The Morgan fingerprint density at radius 2 is 2.00 bits per heavy atom. The minimum absolute atomic E-state index is 0.121. The lowest BCUT2D eigenvalue weighted by molar-refractivity contribution is -0.143. The van der Waals surface area contributed by atoms with E-state index in [1.807, 2.05) is 6.92 Å². The maximum atomic E-state index is 11.2. The first-order valence-electron chi connectivity index (χ1n) is 5.92. The highest BCUT2D eigenvalue weighted by Gasteiger charge is 2.33. The highest BCUT2D eigenvalue weighted by atomic mass is 16.4. The Balaban J connectivity index is 2.89. The number of rotatable bonds is 6. The number of unbranched alkanes of at least 4 members (excludes halogenated alkanes) is 1. The van der Waals surface area contributed by atoms with Crippen LogP contribution in [0.15, 0.2) is 18.2 Å². The van der Waals surface area contributed by atoms with E-state index in [4.69, 9.17) is 5.73 Å². The van der Waals surface area contributed by atoms with Crippen molar-refractivity contribution in [1.29, 1.82) is 0 Å². The zero-order valence-electron chi connectivity index (χ0n) is 10.4. The molecule has 1 aromatic rings. The highest BCUT2D eigenvalue weighted by molar-refractivity contribution is 5.79. The van der Waals surface area contributed by atoms with Crippen molar-refractivity contribution in [2.45, 2.75) is 38.1 Å². The van der Waals surface area contributed by atoms with E-state index in [9.17, 15) is 20.1 Å². The predicted molar refractivity (Wildman–Crippen MR) is 67.6 cm³/mol. The van der Waals surface area contributed by atoms with Crippen molar-refractivity contribution in [1.82, 2.24) is 0 Å². The molecular formula is C13H19NO4. The molecule has 1 aromatic carbocycles. The summed E-state index contributed by atoms with van der Waals surface area (Å²) in [5.41, 5.74) is 5.16. The minimum Gasteiger partial charge on any atom is -0.504 e. The van der Waals surface area contributed by atoms with Gasteiger partial charge in [0.1, 0.15) is 5.54 Å². The van der Waals surface area contributed by atoms with E-state index >= 15 is 0 Å². The molecule has 0 heterocycles. The topological polar surface area (TPSA) is 104 Å². The molecule has 0 saturated carbocycles. The molecule has 0 aromatic heterocycles. The highest BCUT2D eigenvalue weighted by Crippen LogP contribution is 2.27. The first-order chi connectivity index (χ1) is 8.39. The van der Waals surface area contributed by atoms with Gasteiger partial charge in [-0.2, -0.15) is 0 Å². The molecule has 0 amide bonds. The van der Waals surface area contributed by atoms with Crippen LogP contribution in [0, 0.1) is 0 Å². The van der Waals surface area contributed by atoms with Gasteiger partial charge in [0.2, 0.25) is 0 Å². The average Bonchev–Trinajstić information content (AvgIpc) is 2.31. The smallest absolute Gasteiger partial charge is 0.324 e. The lowest BCUT2D eigenvalue weighted by Crippen LogP contribution is -2.49. The molecule has 0 radical (unpaired) electrons. The molecule has 1 rings (SSSR count). The Morgan fingerprint density at radius 3 is 2.50 bits per heavy atom. The summed E-state index contributed by atoms with van der Waals surface area (Å²) in [5, 5.41) is 27.8. The summed E-state index contributed by atoms with van der Waals surface area (Å²) in [7, 11) is 0. The number of hydrogen-bond acceptors (Lipinski definition) is 4. The molecule has 100 valence electrons. The minimum atomic E-state index is -1.33. The van der Waals surface area contributed by atoms with Gasteiger partial charge in [0, 0.05) is 6.42 Å². The third-order valence-electron chi connectivity index (χ3n) is 2.96. The number of phenolic OH excluding ortho intramolecular Hbond substituents is 2. The Labute approximate surface area is 106 Å². The Bertz CT molecular complexity index is 433. The van der Waals surface area contributed by atoms with Crippen LogP contribution < -0.4 is 5.73 Å². The van der Waals surface area contributed by atoms with Gasteiger partial charge in [0.15, 0.2) is 11.5 Å². The molecule has 0 aliphatic carbocycles. The molecular weight excluding hydrogens is 234 g/mol. The van der Waals surface area contributed by atoms with Crippen molar-refractivity contribution in [3.05, 3.63) is 23.8 Å². The Kier molecular flexibility index (Phi) is 4.55. The van der Waals surface area contributed by atoms with Crippen molar-refractivity contribution in [3.63, 3.8) is 0 Å². The van der Waals surface area contributed by atoms with Crippen molar-refractivity contribution < 1.29 is 20.1 Å². The van der Waals surface area contributed by atoms with E-state index in [0.29, 0.717) is 12.0 Å². The van der Waals surface area contributed by atoms with Crippen LogP contribution in [0.5, 0.6) is 11.5 Å². The van der Waals surface area contributed by atoms with Crippen molar-refractivity contribution in [2.24, 2.45) is 5.73 Å². The van der Waals surface area contributed by atoms with Crippen LogP contribution >= 0.6 is 0 Å². The van der Waals surface area contributed by atoms with Crippen LogP contribution in [0.1, 0.15) is 31.7 Å². The van der Waals surface area contributed by atoms with E-state index in [-0.39, 0.29) is 17.9 Å². The third-order valence-corrected chi connectivity index (χ3v) is 2.96. The largest absolute Gasteiger partial charge is 0.504 e. The molecule has 5 nitrogen and oxygen atoms in total. The molecule has 0 aliphatic rings. The van der Waals surface area contributed by atoms with E-state index in [1.165, 1.54) is 12.1 Å². The van der Waals surface area contributed by atoms with Crippen LogP contribution in [0.25, 0.3) is 0 Å². The Hall–Kier alpha value is -1.75. The molecule has 5 N–H and O–H groups in total. The molecule has 0 fully saturated rings. The van der Waals surface area contributed by atoms with Crippen LogP contribution in [0.3, 0.4) is 0 Å². The average molecular weight is 253 g/mol. The van der Waals surface area contributed by atoms with Gasteiger partial charge in [-0.05, 0) is 24.1 Å². The normalized spacial score (nSPS) is 14.1. The number of aromatic hydroxyl groups is 2. The van der Waals surface area contributed by atoms with Crippen LogP contribution in [-0.4, -0.2) is 26.8 Å². The second-order valence-electron chi connectivity index (χ2n) is 4.56. The second-order valence-corrected chi connectivity index (χ2v) is 4.56. The summed E-state index contributed by atoms with van der Waals surface area (Å²) < 4.78 is 0. The summed E-state index contributed by atoms with van der Waals surface area (Å²) >= 11 is 0. The predicted octanol–water partition coefficient (Wildman–Crippen LogP) is 1.61. The number of nitrogens with two attached hydrogens (primary N) is 1. The number of phenols is 2. The fourth-order valence-electron chi connectivity index (χ4n) is 1.81. The number of carboxylic acids is 1. The lowest BCUT2D eigenvalue weighted by Gasteiger charge is -2.24. The number of carboxylic acid groups (broad SMARTS) is 1. The summed E-state index contributed by atoms with van der Waals surface area (Å²) in [5.74, 6) is -1.55. The summed E-state index contributed by atoms with van der Waals surface area (Å²) in [4.78, 5) is 11.2. The summed E-state index contributed by atoms with van der Waals surface area (Å²) in [6.07, 6.45) is 2.09. The lowest BCUT2D eigenvalue weighted by atomic mass is 9.87. The number of benzene rings is 1. The molecule has 18 heavy (non-hydrogen) atoms. The quantitative estimate of drug-likeness (QED) is 0.577. The van der Waals surface area contributed by atoms with Crippen molar-refractivity contribution >= 4 is 5.97 Å². The monoisotopic (exact) mass is 253 g/mol. The van der Waals surface area contributed by atoms with Gasteiger partial charge in [-0.15, -0.1) is 0 Å². The standard InChI is InChI=1S/C13H19NO4/c1-2-3-6-13(14,12(17)18)8-9-4-5-10(15)11(16)7-9/h4-5,7,15-16H,2-3,6,8,14H2,1H3,(H,17,18)/t13-/m0/s1. The molecule has 0 spiro atoms. The summed E-state index contributed by atoms with van der Waals surface area (Å²) in [6, 6.07) is 4.23. The van der Waals surface area contributed by atoms with Gasteiger partial charge >= 0.3 is 5.97 Å². The fraction of sp³-hybridized carbons (Fsp3) is 0.462. The van der Waals surface area contributed by atoms with E-state index in [1.54, 1.807) is 6.07 Å². The molecule has 0 unspecified atom stereocenters. The van der Waals surface area contributed by atoms with Crippen molar-refractivity contribution in [2.75, 3.05) is 0 Å². The molecule has 1 atom stereocenters. The van der Waals surface area contributed by atoms with E-state index < -0.39 is 11.5 Å². The van der Waals surface area contributed by atoms with Crippen LogP contribution in [0.2, 0.25) is 0 Å². The van der Waals surface area contributed by atoms with E-state index in [2.05, 4.69) is 0 Å². The van der Waals surface area contributed by atoms with Gasteiger partial charge in [-0.3, -0.25) is 4.79 Å². The Morgan fingerprint density at radius 1 is 1.33 bits per heavy atom. The van der Waals surface area contributed by atoms with Gasteiger partial charge < -0.3 is 21.1 Å². The molecule has 0 aliphatic heterocycles. The van der Waals surface area contributed by atoms with Gasteiger partial charge in [0.05, 0.1) is 0 Å².